The molecule has 0 spiro atoms. The number of nitrogens with two attached hydrogens (primary N) is 1. The van der Waals surface area contributed by atoms with E-state index in [4.69, 9.17) is 5.73 Å². The quantitative estimate of drug-likeness (QED) is 0.425. The van der Waals surface area contributed by atoms with Gasteiger partial charge in [0.15, 0.2) is 5.96 Å². The highest BCUT2D eigenvalue weighted by molar-refractivity contribution is 7.89. The second-order valence-electron chi connectivity index (χ2n) is 4.00. The van der Waals surface area contributed by atoms with E-state index in [1.165, 1.54) is 6.42 Å². The van der Waals surface area contributed by atoms with E-state index in [1.807, 2.05) is 0 Å². The fraction of sp³-hybridized carbons (Fsp3) is 0.889. The Bertz CT molecular complexity index is 335. The van der Waals surface area contributed by atoms with Crippen LogP contribution in [0.25, 0.3) is 0 Å². The Morgan fingerprint density at radius 1 is 1.50 bits per heavy atom. The fourth-order valence-electron chi connectivity index (χ4n) is 1.41. The minimum Gasteiger partial charge on any atom is -0.370 e. The van der Waals surface area contributed by atoms with Crippen LogP contribution in [-0.2, 0) is 10.0 Å². The predicted molar refractivity (Wildman–Crippen MR) is 64.7 cm³/mol. The van der Waals surface area contributed by atoms with Gasteiger partial charge in [0.2, 0.25) is 10.0 Å². The van der Waals surface area contributed by atoms with Crippen molar-refractivity contribution >= 4 is 16.0 Å². The SMILES string of the molecule is CN=C(N)NCCS(=O)(=O)NCC1CCC1. The van der Waals surface area contributed by atoms with Crippen molar-refractivity contribution in [2.75, 3.05) is 25.9 Å². The van der Waals surface area contributed by atoms with E-state index in [0.29, 0.717) is 12.5 Å². The minimum absolute atomic E-state index is 0.0237. The zero-order valence-electron chi connectivity index (χ0n) is 9.57. The number of hydrogen-bond acceptors (Lipinski definition) is 3. The Morgan fingerprint density at radius 3 is 2.69 bits per heavy atom. The van der Waals surface area contributed by atoms with Crippen LogP contribution in [-0.4, -0.2) is 40.3 Å². The number of aliphatic imine (C=N–C) groups is 1. The van der Waals surface area contributed by atoms with Gasteiger partial charge >= 0.3 is 0 Å². The molecule has 0 heterocycles. The summed E-state index contributed by atoms with van der Waals surface area (Å²) in [7, 11) is -1.63. The third-order valence-electron chi connectivity index (χ3n) is 2.73. The molecular weight excluding hydrogens is 228 g/mol. The first-order chi connectivity index (χ1) is 7.53. The Kier molecular flexibility index (Phi) is 5.01. The average molecular weight is 248 g/mol. The van der Waals surface area contributed by atoms with Crippen molar-refractivity contribution in [3.8, 4) is 0 Å². The number of hydrogen-bond donors (Lipinski definition) is 3. The maximum absolute atomic E-state index is 11.5. The first kappa shape index (κ1) is 13.2. The maximum atomic E-state index is 11.5. The molecule has 0 saturated heterocycles. The molecule has 0 bridgehead atoms. The molecular formula is C9H20N4O2S. The Labute approximate surface area is 96.7 Å². The molecule has 1 aliphatic carbocycles. The Morgan fingerprint density at radius 2 is 2.19 bits per heavy atom. The molecule has 7 heteroatoms. The van der Waals surface area contributed by atoms with Crippen LogP contribution in [0.2, 0.25) is 0 Å². The van der Waals surface area contributed by atoms with E-state index in [-0.39, 0.29) is 18.3 Å². The molecule has 0 aliphatic heterocycles. The van der Waals surface area contributed by atoms with Crippen LogP contribution in [0.4, 0.5) is 0 Å². The Balaban J connectivity index is 2.17. The standard InChI is InChI=1S/C9H20N4O2S/c1-11-9(10)12-5-6-16(14,15)13-7-8-3-2-4-8/h8,13H,2-7H2,1H3,(H3,10,11,12). The number of rotatable bonds is 6. The molecule has 94 valence electrons. The summed E-state index contributed by atoms with van der Waals surface area (Å²) in [4.78, 5) is 3.67. The van der Waals surface area contributed by atoms with E-state index in [9.17, 15) is 8.42 Å². The second kappa shape index (κ2) is 6.05. The zero-order chi connectivity index (χ0) is 12.0. The summed E-state index contributed by atoms with van der Waals surface area (Å²) in [6.07, 6.45) is 3.49. The highest BCUT2D eigenvalue weighted by Gasteiger charge is 2.19. The van der Waals surface area contributed by atoms with Crippen LogP contribution in [0.15, 0.2) is 4.99 Å². The van der Waals surface area contributed by atoms with E-state index >= 15 is 0 Å². The third-order valence-corrected chi connectivity index (χ3v) is 4.08. The van der Waals surface area contributed by atoms with Crippen molar-refractivity contribution in [2.45, 2.75) is 19.3 Å². The van der Waals surface area contributed by atoms with E-state index in [2.05, 4.69) is 15.0 Å². The van der Waals surface area contributed by atoms with Gasteiger partial charge in [-0.05, 0) is 18.8 Å². The number of nitrogens with zero attached hydrogens (tertiary/aromatic N) is 1. The molecule has 1 aliphatic rings. The molecule has 0 radical (unpaired) electrons. The van der Waals surface area contributed by atoms with Gasteiger partial charge in [0.25, 0.3) is 0 Å². The summed E-state index contributed by atoms with van der Waals surface area (Å²) >= 11 is 0. The van der Waals surface area contributed by atoms with Crippen molar-refractivity contribution in [3.63, 3.8) is 0 Å². The molecule has 0 aromatic carbocycles. The van der Waals surface area contributed by atoms with Gasteiger partial charge in [-0.3, -0.25) is 4.99 Å². The number of guanidine groups is 1. The van der Waals surface area contributed by atoms with E-state index < -0.39 is 10.0 Å². The van der Waals surface area contributed by atoms with E-state index in [1.54, 1.807) is 7.05 Å². The van der Waals surface area contributed by atoms with Crippen molar-refractivity contribution in [1.82, 2.24) is 10.0 Å². The van der Waals surface area contributed by atoms with Crippen LogP contribution in [0.3, 0.4) is 0 Å². The molecule has 0 unspecified atom stereocenters. The third kappa shape index (κ3) is 4.80. The molecule has 1 rings (SSSR count). The van der Waals surface area contributed by atoms with Gasteiger partial charge in [0.05, 0.1) is 5.75 Å². The molecule has 0 aromatic rings. The lowest BCUT2D eigenvalue weighted by Gasteiger charge is -2.25. The van der Waals surface area contributed by atoms with Crippen LogP contribution >= 0.6 is 0 Å². The molecule has 0 atom stereocenters. The van der Waals surface area contributed by atoms with Crippen LogP contribution < -0.4 is 15.8 Å². The molecule has 6 nitrogen and oxygen atoms in total. The average Bonchev–Trinajstić information content (AvgIpc) is 2.14. The van der Waals surface area contributed by atoms with Gasteiger partial charge in [-0.25, -0.2) is 13.1 Å². The first-order valence-corrected chi connectivity index (χ1v) is 7.12. The summed E-state index contributed by atoms with van der Waals surface area (Å²) in [5.74, 6) is 0.815. The van der Waals surface area contributed by atoms with Crippen LogP contribution in [0.1, 0.15) is 19.3 Å². The molecule has 0 amide bonds. The summed E-state index contributed by atoms with van der Waals surface area (Å²) in [6, 6.07) is 0. The van der Waals surface area contributed by atoms with Gasteiger partial charge in [0.1, 0.15) is 0 Å². The van der Waals surface area contributed by atoms with Gasteiger partial charge in [0, 0.05) is 20.1 Å². The normalized spacial score (nSPS) is 18.2. The second-order valence-corrected chi connectivity index (χ2v) is 5.93. The summed E-state index contributed by atoms with van der Waals surface area (Å²) in [6.45, 7) is 0.850. The highest BCUT2D eigenvalue weighted by Crippen LogP contribution is 2.25. The lowest BCUT2D eigenvalue weighted by atomic mass is 9.86. The molecule has 4 N–H and O–H groups in total. The summed E-state index contributed by atoms with van der Waals surface area (Å²) < 4.78 is 25.6. The zero-order valence-corrected chi connectivity index (χ0v) is 10.4. The lowest BCUT2D eigenvalue weighted by Crippen LogP contribution is -2.39. The molecule has 16 heavy (non-hydrogen) atoms. The van der Waals surface area contributed by atoms with Crippen LogP contribution in [0.5, 0.6) is 0 Å². The van der Waals surface area contributed by atoms with Gasteiger partial charge < -0.3 is 11.1 Å². The molecule has 0 aromatic heterocycles. The number of sulfonamides is 1. The minimum atomic E-state index is -3.18. The fourth-order valence-corrected chi connectivity index (χ4v) is 2.41. The van der Waals surface area contributed by atoms with Crippen LogP contribution in [0, 0.1) is 5.92 Å². The monoisotopic (exact) mass is 248 g/mol. The molecule has 1 saturated carbocycles. The van der Waals surface area contributed by atoms with Crippen molar-refractivity contribution in [1.29, 1.82) is 0 Å². The predicted octanol–water partition coefficient (Wildman–Crippen LogP) is -0.760. The maximum Gasteiger partial charge on any atom is 0.213 e. The topological polar surface area (TPSA) is 96.6 Å². The van der Waals surface area contributed by atoms with Crippen molar-refractivity contribution in [3.05, 3.63) is 0 Å². The van der Waals surface area contributed by atoms with Crippen molar-refractivity contribution in [2.24, 2.45) is 16.6 Å². The summed E-state index contributed by atoms with van der Waals surface area (Å²) in [5, 5.41) is 2.71. The highest BCUT2D eigenvalue weighted by atomic mass is 32.2. The van der Waals surface area contributed by atoms with Gasteiger partial charge in [-0.15, -0.1) is 0 Å². The van der Waals surface area contributed by atoms with Gasteiger partial charge in [-0.2, -0.15) is 0 Å². The Hall–Kier alpha value is -0.820. The van der Waals surface area contributed by atoms with E-state index in [0.717, 1.165) is 12.8 Å². The largest absolute Gasteiger partial charge is 0.370 e. The van der Waals surface area contributed by atoms with Gasteiger partial charge in [-0.1, -0.05) is 6.42 Å². The summed E-state index contributed by atoms with van der Waals surface area (Å²) in [5.41, 5.74) is 5.38. The smallest absolute Gasteiger partial charge is 0.213 e. The number of nitrogens with one attached hydrogen (secondary N) is 2. The van der Waals surface area contributed by atoms with Crippen molar-refractivity contribution < 1.29 is 8.42 Å². The molecule has 1 fully saturated rings. The first-order valence-electron chi connectivity index (χ1n) is 5.47. The lowest BCUT2D eigenvalue weighted by molar-refractivity contribution is 0.316.